The fourth-order valence-electron chi connectivity index (χ4n) is 3.34. The Kier molecular flexibility index (Phi) is 5.65. The van der Waals surface area contributed by atoms with Gasteiger partial charge in [0.1, 0.15) is 0 Å². The average molecular weight is 513 g/mol. The Morgan fingerprint density at radius 1 is 1.07 bits per heavy atom. The molecule has 4 nitrogen and oxygen atoms in total. The highest BCUT2D eigenvalue weighted by Gasteiger charge is 2.24. The molecule has 0 unspecified atom stereocenters. The number of aryl methyl sites for hydroxylation is 2. The lowest BCUT2D eigenvalue weighted by Crippen LogP contribution is -2.19. The first-order valence-corrected chi connectivity index (χ1v) is 11.1. The first kappa shape index (κ1) is 20.0. The third-order valence-corrected chi connectivity index (χ3v) is 6.91. The summed E-state index contributed by atoms with van der Waals surface area (Å²) >= 11 is 3.72. The van der Waals surface area contributed by atoms with Crippen LogP contribution in [0.15, 0.2) is 64.5 Å². The highest BCUT2D eigenvalue weighted by atomic mass is 127. The number of carbonyl (C=O) groups is 1. The minimum atomic E-state index is -0.111. The number of hydrogen-bond acceptors (Lipinski definition) is 3. The van der Waals surface area contributed by atoms with Gasteiger partial charge in [-0.2, -0.15) is 0 Å². The number of rotatable bonds is 3. The van der Waals surface area contributed by atoms with Crippen LogP contribution in [0.4, 0.5) is 5.69 Å². The monoisotopic (exact) mass is 513 g/mol. The summed E-state index contributed by atoms with van der Waals surface area (Å²) in [5.41, 5.74) is 6.50. The molecule has 0 atom stereocenters. The third kappa shape index (κ3) is 4.18. The predicted octanol–water partition coefficient (Wildman–Crippen LogP) is 5.90. The molecule has 1 aliphatic heterocycles. The van der Waals surface area contributed by atoms with Crippen molar-refractivity contribution in [1.29, 1.82) is 0 Å². The molecule has 29 heavy (non-hydrogen) atoms. The molecule has 146 valence electrons. The molecule has 0 saturated carbocycles. The molecule has 2 aromatic carbocycles. The Labute approximate surface area is 188 Å². The molecule has 4 rings (SSSR count). The molecule has 1 saturated heterocycles. The molecule has 1 N–H and O–H groups in total. The molecular weight excluding hydrogens is 493 g/mol. The molecule has 0 spiro atoms. The number of nitrogens with one attached hydrogen (secondary N) is 1. The predicted molar refractivity (Wildman–Crippen MR) is 130 cm³/mol. The van der Waals surface area contributed by atoms with Crippen LogP contribution in [0.2, 0.25) is 0 Å². The van der Waals surface area contributed by atoms with Crippen LogP contribution in [0.3, 0.4) is 0 Å². The van der Waals surface area contributed by atoms with Crippen molar-refractivity contribution >= 4 is 57.2 Å². The summed E-state index contributed by atoms with van der Waals surface area (Å²) < 4.78 is 3.48. The van der Waals surface area contributed by atoms with Gasteiger partial charge in [-0.1, -0.05) is 18.2 Å². The molecule has 0 aliphatic carbocycles. The maximum Gasteiger partial charge on any atom is 0.264 e. The second kappa shape index (κ2) is 8.20. The van der Waals surface area contributed by atoms with Gasteiger partial charge in [-0.25, -0.2) is 4.99 Å². The molecule has 2 heterocycles. The molecular formula is C23H20IN3OS. The summed E-state index contributed by atoms with van der Waals surface area (Å²) in [5, 5.41) is 3.46. The highest BCUT2D eigenvalue weighted by molar-refractivity contribution is 14.1. The molecule has 0 bridgehead atoms. The van der Waals surface area contributed by atoms with E-state index in [-0.39, 0.29) is 5.91 Å². The lowest BCUT2D eigenvalue weighted by Gasteiger charge is -2.11. The van der Waals surface area contributed by atoms with Crippen LogP contribution in [0.25, 0.3) is 11.8 Å². The largest absolute Gasteiger partial charge is 0.318 e. The second-order valence-electron chi connectivity index (χ2n) is 6.91. The molecule has 1 fully saturated rings. The number of amidine groups is 1. The number of nitrogens with zero attached hydrogens (tertiary/aromatic N) is 2. The summed E-state index contributed by atoms with van der Waals surface area (Å²) in [6.45, 7) is 6.30. The van der Waals surface area contributed by atoms with E-state index in [9.17, 15) is 4.79 Å². The van der Waals surface area contributed by atoms with Gasteiger partial charge in [-0.05, 0) is 109 Å². The van der Waals surface area contributed by atoms with Crippen LogP contribution < -0.4 is 5.32 Å². The Morgan fingerprint density at radius 3 is 2.55 bits per heavy atom. The van der Waals surface area contributed by atoms with Gasteiger partial charge < -0.3 is 9.88 Å². The maximum atomic E-state index is 12.4. The number of halogens is 1. The molecule has 1 aromatic heterocycles. The van der Waals surface area contributed by atoms with E-state index in [4.69, 9.17) is 0 Å². The van der Waals surface area contributed by atoms with E-state index >= 15 is 0 Å². The summed E-state index contributed by atoms with van der Waals surface area (Å²) in [5.74, 6) is -0.111. The first-order chi connectivity index (χ1) is 13.9. The van der Waals surface area contributed by atoms with Gasteiger partial charge in [0, 0.05) is 20.6 Å². The van der Waals surface area contributed by atoms with Gasteiger partial charge in [-0.3, -0.25) is 4.79 Å². The molecule has 3 aromatic rings. The highest BCUT2D eigenvalue weighted by Crippen LogP contribution is 2.30. The topological polar surface area (TPSA) is 46.4 Å². The number of benzene rings is 2. The van der Waals surface area contributed by atoms with E-state index in [1.54, 1.807) is 0 Å². The second-order valence-corrected chi connectivity index (χ2v) is 9.11. The van der Waals surface area contributed by atoms with Gasteiger partial charge in [-0.15, -0.1) is 0 Å². The van der Waals surface area contributed by atoms with Crippen molar-refractivity contribution in [2.24, 2.45) is 4.99 Å². The number of aliphatic imine (C=N–C) groups is 1. The zero-order chi connectivity index (χ0) is 20.5. The van der Waals surface area contributed by atoms with Gasteiger partial charge in [0.05, 0.1) is 10.6 Å². The van der Waals surface area contributed by atoms with Gasteiger partial charge in [0.15, 0.2) is 5.17 Å². The molecule has 1 aliphatic rings. The van der Waals surface area contributed by atoms with E-state index < -0.39 is 0 Å². The standard InChI is InChI=1S/C23H20IN3OS/c1-14-11-19(9-10-20(14)24)27-15(2)12-17(16(27)3)13-21-22(28)26-23(29-21)25-18-7-5-4-6-8-18/h4-13H,1-3H3,(H,25,26,28)/b21-13-. The van der Waals surface area contributed by atoms with E-state index in [0.29, 0.717) is 10.1 Å². The summed E-state index contributed by atoms with van der Waals surface area (Å²) in [4.78, 5) is 17.6. The van der Waals surface area contributed by atoms with E-state index in [2.05, 4.69) is 82.5 Å². The average Bonchev–Trinajstić information content (AvgIpc) is 3.17. The number of hydrogen-bond donors (Lipinski definition) is 1. The Balaban J connectivity index is 1.66. The fourth-order valence-corrected chi connectivity index (χ4v) is 4.51. The van der Waals surface area contributed by atoms with E-state index in [0.717, 1.165) is 28.3 Å². The Bertz CT molecular complexity index is 1160. The summed E-state index contributed by atoms with van der Waals surface area (Å²) in [6.07, 6.45) is 1.95. The zero-order valence-electron chi connectivity index (χ0n) is 16.4. The van der Waals surface area contributed by atoms with Gasteiger partial charge >= 0.3 is 0 Å². The molecule has 1 amide bonds. The van der Waals surface area contributed by atoms with Crippen LogP contribution in [0, 0.1) is 24.3 Å². The van der Waals surface area contributed by atoms with Crippen molar-refractivity contribution in [3.63, 3.8) is 0 Å². The van der Waals surface area contributed by atoms with Crippen molar-refractivity contribution in [1.82, 2.24) is 9.88 Å². The minimum absolute atomic E-state index is 0.111. The summed E-state index contributed by atoms with van der Waals surface area (Å²) in [7, 11) is 0. The lowest BCUT2D eigenvalue weighted by molar-refractivity contribution is -0.115. The lowest BCUT2D eigenvalue weighted by atomic mass is 10.2. The van der Waals surface area contributed by atoms with E-state index in [1.165, 1.54) is 20.9 Å². The van der Waals surface area contributed by atoms with Crippen molar-refractivity contribution in [3.05, 3.63) is 85.6 Å². The van der Waals surface area contributed by atoms with Crippen LogP contribution in [-0.4, -0.2) is 15.6 Å². The van der Waals surface area contributed by atoms with Crippen LogP contribution in [-0.2, 0) is 4.79 Å². The summed E-state index contributed by atoms with van der Waals surface area (Å²) in [6, 6.07) is 18.2. The van der Waals surface area contributed by atoms with Crippen molar-refractivity contribution in [2.45, 2.75) is 20.8 Å². The Hall–Kier alpha value is -2.32. The van der Waals surface area contributed by atoms with Gasteiger partial charge in [0.2, 0.25) is 0 Å². The number of aromatic nitrogens is 1. The van der Waals surface area contributed by atoms with E-state index in [1.807, 2.05) is 36.4 Å². The van der Waals surface area contributed by atoms with Crippen LogP contribution in [0.1, 0.15) is 22.5 Å². The third-order valence-electron chi connectivity index (χ3n) is 4.79. The van der Waals surface area contributed by atoms with Crippen LogP contribution in [0.5, 0.6) is 0 Å². The molecule has 6 heteroatoms. The minimum Gasteiger partial charge on any atom is -0.318 e. The maximum absolute atomic E-state index is 12.4. The zero-order valence-corrected chi connectivity index (χ0v) is 19.3. The quantitative estimate of drug-likeness (QED) is 0.350. The SMILES string of the molecule is Cc1cc(-n2c(C)cc(/C=C3\SC(=Nc4ccccc4)NC3=O)c2C)ccc1I. The normalized spacial score (nSPS) is 16.6. The molecule has 0 radical (unpaired) electrons. The number of amides is 1. The Morgan fingerprint density at radius 2 is 1.83 bits per heavy atom. The van der Waals surface area contributed by atoms with Crippen molar-refractivity contribution in [2.75, 3.05) is 0 Å². The first-order valence-electron chi connectivity index (χ1n) is 9.22. The van der Waals surface area contributed by atoms with Gasteiger partial charge in [0.25, 0.3) is 5.91 Å². The fraction of sp³-hybridized carbons (Fsp3) is 0.130. The number of carbonyl (C=O) groups excluding carboxylic acids is 1. The number of thioether (sulfide) groups is 1. The van der Waals surface area contributed by atoms with Crippen LogP contribution >= 0.6 is 34.4 Å². The number of para-hydroxylation sites is 1. The van der Waals surface area contributed by atoms with Crippen molar-refractivity contribution < 1.29 is 4.79 Å². The van der Waals surface area contributed by atoms with Crippen molar-refractivity contribution in [3.8, 4) is 5.69 Å². The smallest absolute Gasteiger partial charge is 0.264 e.